The molecule has 0 saturated heterocycles. The average molecular weight is 265 g/mol. The molecule has 0 bridgehead atoms. The third-order valence-corrected chi connectivity index (χ3v) is 3.83. The van der Waals surface area contributed by atoms with Crippen LogP contribution in [0.25, 0.3) is 5.65 Å². The first-order valence-corrected chi connectivity index (χ1v) is 7.30. The zero-order valence-corrected chi connectivity index (χ0v) is 12.0. The number of hydrogen-bond donors (Lipinski definition) is 1. The maximum absolute atomic E-state index is 4.62. The van der Waals surface area contributed by atoms with E-state index < -0.39 is 0 Å². The fourth-order valence-electron chi connectivity index (χ4n) is 1.83. The van der Waals surface area contributed by atoms with E-state index in [-0.39, 0.29) is 0 Å². The van der Waals surface area contributed by atoms with Crippen LogP contribution in [0.5, 0.6) is 0 Å². The summed E-state index contributed by atoms with van der Waals surface area (Å²) in [5.41, 5.74) is 0.893. The number of fused-ring (bicyclic) bond motifs is 1. The lowest BCUT2D eigenvalue weighted by Gasteiger charge is -2.26. The Bertz CT molecular complexity index is 524. The lowest BCUT2D eigenvalue weighted by molar-refractivity contribution is 0.753. The van der Waals surface area contributed by atoms with Gasteiger partial charge < -0.3 is 14.6 Å². The quantitative estimate of drug-likeness (QED) is 0.895. The first-order chi connectivity index (χ1) is 8.67. The van der Waals surface area contributed by atoms with Crippen molar-refractivity contribution in [1.29, 1.82) is 0 Å². The lowest BCUT2D eigenvalue weighted by Crippen LogP contribution is -2.32. The van der Waals surface area contributed by atoms with Gasteiger partial charge in [0.25, 0.3) is 0 Å². The summed E-state index contributed by atoms with van der Waals surface area (Å²) >= 11 is 1.84. The number of rotatable bonds is 5. The molecule has 0 aliphatic carbocycles. The van der Waals surface area contributed by atoms with E-state index >= 15 is 0 Å². The number of anilines is 2. The van der Waals surface area contributed by atoms with Crippen molar-refractivity contribution in [2.45, 2.75) is 13.0 Å². The predicted molar refractivity (Wildman–Crippen MR) is 78.8 cm³/mol. The van der Waals surface area contributed by atoms with Gasteiger partial charge in [-0.1, -0.05) is 0 Å². The van der Waals surface area contributed by atoms with E-state index in [1.807, 2.05) is 35.6 Å². The van der Waals surface area contributed by atoms with Gasteiger partial charge in [0.05, 0.1) is 6.20 Å². The van der Waals surface area contributed by atoms with Crippen LogP contribution < -0.4 is 10.2 Å². The Kier molecular flexibility index (Phi) is 3.96. The second-order valence-corrected chi connectivity index (χ2v) is 5.18. The molecule has 2 aromatic heterocycles. The molecule has 0 aromatic carbocycles. The van der Waals surface area contributed by atoms with E-state index in [0.717, 1.165) is 23.0 Å². The summed E-state index contributed by atoms with van der Waals surface area (Å²) < 4.78 is 2.00. The Hall–Kier alpha value is -1.43. The molecule has 0 radical (unpaired) electrons. The van der Waals surface area contributed by atoms with Crippen LogP contribution in [0.4, 0.5) is 11.6 Å². The van der Waals surface area contributed by atoms with Crippen LogP contribution in [0.15, 0.2) is 18.6 Å². The predicted octanol–water partition coefficient (Wildman–Crippen LogP) is 1.96. The van der Waals surface area contributed by atoms with E-state index in [2.05, 4.69) is 40.4 Å². The van der Waals surface area contributed by atoms with Crippen molar-refractivity contribution < 1.29 is 0 Å². The standard InChI is InChI=1S/C12H19N5S/c1-9(8-18-4)16(3)12-11-14-5-6-17(11)7-10(13-2)15-12/h5-7,9,13H,8H2,1-4H3. The highest BCUT2D eigenvalue weighted by Gasteiger charge is 2.16. The van der Waals surface area contributed by atoms with Crippen LogP contribution in [0, 0.1) is 0 Å². The van der Waals surface area contributed by atoms with Crippen molar-refractivity contribution in [3.05, 3.63) is 18.6 Å². The Morgan fingerprint density at radius 2 is 2.33 bits per heavy atom. The summed E-state index contributed by atoms with van der Waals surface area (Å²) in [6.45, 7) is 2.20. The van der Waals surface area contributed by atoms with Gasteiger partial charge in [0.2, 0.25) is 0 Å². The maximum Gasteiger partial charge on any atom is 0.180 e. The van der Waals surface area contributed by atoms with Gasteiger partial charge in [-0.2, -0.15) is 11.8 Å². The summed E-state index contributed by atoms with van der Waals surface area (Å²) in [5, 5.41) is 3.08. The van der Waals surface area contributed by atoms with Gasteiger partial charge in [-0.3, -0.25) is 0 Å². The van der Waals surface area contributed by atoms with Gasteiger partial charge in [0.1, 0.15) is 5.82 Å². The molecule has 6 heteroatoms. The summed E-state index contributed by atoms with van der Waals surface area (Å²) in [6.07, 6.45) is 7.80. The van der Waals surface area contributed by atoms with Crippen molar-refractivity contribution in [2.24, 2.45) is 0 Å². The fraction of sp³-hybridized carbons (Fsp3) is 0.500. The van der Waals surface area contributed by atoms with Gasteiger partial charge in [-0.05, 0) is 13.2 Å². The highest BCUT2D eigenvalue weighted by molar-refractivity contribution is 7.98. The number of imidazole rings is 1. The van der Waals surface area contributed by atoms with E-state index in [0.29, 0.717) is 6.04 Å². The molecule has 2 aromatic rings. The minimum absolute atomic E-state index is 0.417. The molecule has 18 heavy (non-hydrogen) atoms. The maximum atomic E-state index is 4.62. The molecule has 0 spiro atoms. The molecule has 98 valence electrons. The molecule has 1 N–H and O–H groups in total. The Balaban J connectivity index is 2.44. The van der Waals surface area contributed by atoms with Crippen molar-refractivity contribution >= 4 is 29.0 Å². The van der Waals surface area contributed by atoms with Crippen LogP contribution in [-0.4, -0.2) is 46.5 Å². The van der Waals surface area contributed by atoms with Crippen molar-refractivity contribution in [2.75, 3.05) is 36.3 Å². The van der Waals surface area contributed by atoms with E-state index in [4.69, 9.17) is 0 Å². The summed E-state index contributed by atoms with van der Waals surface area (Å²) in [6, 6.07) is 0.417. The molecule has 0 aliphatic heterocycles. The topological polar surface area (TPSA) is 45.5 Å². The largest absolute Gasteiger partial charge is 0.372 e. The third-order valence-electron chi connectivity index (χ3n) is 3.02. The van der Waals surface area contributed by atoms with Crippen LogP contribution in [0.1, 0.15) is 6.92 Å². The van der Waals surface area contributed by atoms with E-state index in [1.165, 1.54) is 0 Å². The zero-order valence-electron chi connectivity index (χ0n) is 11.2. The number of aromatic nitrogens is 3. The van der Waals surface area contributed by atoms with Crippen molar-refractivity contribution in [3.63, 3.8) is 0 Å². The van der Waals surface area contributed by atoms with Crippen molar-refractivity contribution in [3.8, 4) is 0 Å². The summed E-state index contributed by atoms with van der Waals surface area (Å²) in [5.74, 6) is 2.82. The Labute approximate surface area is 112 Å². The molecule has 0 aliphatic rings. The van der Waals surface area contributed by atoms with Gasteiger partial charge in [0.15, 0.2) is 11.5 Å². The van der Waals surface area contributed by atoms with E-state index in [1.54, 1.807) is 6.20 Å². The SMILES string of the molecule is CNc1cn2ccnc2c(N(C)C(C)CSC)n1. The smallest absolute Gasteiger partial charge is 0.180 e. The Morgan fingerprint density at radius 1 is 1.56 bits per heavy atom. The molecule has 1 atom stereocenters. The second kappa shape index (κ2) is 5.48. The zero-order chi connectivity index (χ0) is 13.1. The Morgan fingerprint density at radius 3 is 3.00 bits per heavy atom. The summed E-state index contributed by atoms with van der Waals surface area (Å²) in [7, 11) is 3.94. The highest BCUT2D eigenvalue weighted by atomic mass is 32.2. The number of thioether (sulfide) groups is 1. The fourth-order valence-corrected chi connectivity index (χ4v) is 2.54. The molecule has 1 unspecified atom stereocenters. The average Bonchev–Trinajstić information content (AvgIpc) is 2.84. The molecule has 0 saturated carbocycles. The van der Waals surface area contributed by atoms with Gasteiger partial charge in [-0.25, -0.2) is 9.97 Å². The number of nitrogens with zero attached hydrogens (tertiary/aromatic N) is 4. The monoisotopic (exact) mass is 265 g/mol. The first-order valence-electron chi connectivity index (χ1n) is 5.90. The molecule has 5 nitrogen and oxygen atoms in total. The lowest BCUT2D eigenvalue weighted by atomic mass is 10.3. The van der Waals surface area contributed by atoms with Gasteiger partial charge in [-0.15, -0.1) is 0 Å². The normalized spacial score (nSPS) is 12.7. The van der Waals surface area contributed by atoms with Gasteiger partial charge >= 0.3 is 0 Å². The highest BCUT2D eigenvalue weighted by Crippen LogP contribution is 2.21. The number of nitrogens with one attached hydrogen (secondary N) is 1. The molecular weight excluding hydrogens is 246 g/mol. The molecule has 0 fully saturated rings. The molecule has 0 amide bonds. The third kappa shape index (κ3) is 2.38. The minimum atomic E-state index is 0.417. The van der Waals surface area contributed by atoms with Crippen LogP contribution in [-0.2, 0) is 0 Å². The summed E-state index contributed by atoms with van der Waals surface area (Å²) in [4.78, 5) is 11.2. The van der Waals surface area contributed by atoms with Crippen LogP contribution in [0.3, 0.4) is 0 Å². The molecule has 2 rings (SSSR count). The van der Waals surface area contributed by atoms with Gasteiger partial charge in [0, 0.05) is 38.3 Å². The second-order valence-electron chi connectivity index (χ2n) is 4.27. The first kappa shape index (κ1) is 13.0. The van der Waals surface area contributed by atoms with E-state index in [9.17, 15) is 0 Å². The molecular formula is C12H19N5S. The molecule has 2 heterocycles. The van der Waals surface area contributed by atoms with Crippen LogP contribution >= 0.6 is 11.8 Å². The minimum Gasteiger partial charge on any atom is -0.372 e. The van der Waals surface area contributed by atoms with Crippen LogP contribution in [0.2, 0.25) is 0 Å². The van der Waals surface area contributed by atoms with Crippen molar-refractivity contribution in [1.82, 2.24) is 14.4 Å². The number of hydrogen-bond acceptors (Lipinski definition) is 5.